The summed E-state index contributed by atoms with van der Waals surface area (Å²) in [7, 11) is 0. The third-order valence-corrected chi connectivity index (χ3v) is 3.46. The number of rotatable bonds is 1. The Labute approximate surface area is 121 Å². The van der Waals surface area contributed by atoms with Crippen LogP contribution in [0.25, 0.3) is 11.1 Å². The largest absolute Gasteiger partial charge is 0.264 e. The third-order valence-electron chi connectivity index (χ3n) is 2.69. The summed E-state index contributed by atoms with van der Waals surface area (Å²) in [5.41, 5.74) is 3.73. The van der Waals surface area contributed by atoms with Crippen LogP contribution in [0.3, 0.4) is 0 Å². The van der Waals surface area contributed by atoms with Crippen LogP contribution in [0.4, 0.5) is 0 Å². The zero-order valence-corrected chi connectivity index (χ0v) is 11.7. The first kappa shape index (κ1) is 12.5. The van der Waals surface area contributed by atoms with Crippen LogP contribution in [-0.4, -0.2) is 15.0 Å². The first-order chi connectivity index (χ1) is 9.81. The molecule has 3 heterocycles. The minimum absolute atomic E-state index is 0.805. The predicted octanol–water partition coefficient (Wildman–Crippen LogP) is 3.31. The summed E-state index contributed by atoms with van der Waals surface area (Å²) in [5, 5.41) is 2.98. The van der Waals surface area contributed by atoms with Gasteiger partial charge in [-0.3, -0.25) is 9.97 Å². The van der Waals surface area contributed by atoms with Crippen LogP contribution in [0, 0.1) is 18.8 Å². The Balaban J connectivity index is 1.91. The van der Waals surface area contributed by atoms with E-state index < -0.39 is 0 Å². The van der Waals surface area contributed by atoms with Crippen molar-refractivity contribution in [1.29, 1.82) is 0 Å². The van der Waals surface area contributed by atoms with Crippen LogP contribution in [0.15, 0.2) is 48.4 Å². The van der Waals surface area contributed by atoms with Crippen LogP contribution in [0.1, 0.15) is 16.3 Å². The third kappa shape index (κ3) is 2.90. The molecular weight excluding hydrogens is 266 g/mol. The highest BCUT2D eigenvalue weighted by Gasteiger charge is 1.99. The van der Waals surface area contributed by atoms with E-state index in [9.17, 15) is 0 Å². The Morgan fingerprint density at radius 1 is 1.05 bits per heavy atom. The number of aryl methyl sites for hydroxylation is 1. The monoisotopic (exact) mass is 277 g/mol. The molecule has 96 valence electrons. The molecule has 0 spiro atoms. The van der Waals surface area contributed by atoms with E-state index in [0.29, 0.717) is 0 Å². The van der Waals surface area contributed by atoms with Crippen LogP contribution >= 0.6 is 11.3 Å². The van der Waals surface area contributed by atoms with Crippen molar-refractivity contribution in [2.45, 2.75) is 6.92 Å². The van der Waals surface area contributed by atoms with Gasteiger partial charge in [0, 0.05) is 46.9 Å². The molecule has 0 atom stereocenters. The van der Waals surface area contributed by atoms with E-state index in [2.05, 4.69) is 26.8 Å². The molecule has 0 N–H and O–H groups in total. The Morgan fingerprint density at radius 2 is 1.95 bits per heavy atom. The molecule has 0 saturated carbocycles. The minimum atomic E-state index is 0.805. The quantitative estimate of drug-likeness (QED) is 0.641. The van der Waals surface area contributed by atoms with Gasteiger partial charge in [0.05, 0.1) is 5.01 Å². The molecule has 0 aliphatic carbocycles. The fraction of sp³-hybridized carbons (Fsp3) is 0.0625. The van der Waals surface area contributed by atoms with Gasteiger partial charge in [-0.25, -0.2) is 4.98 Å². The number of thiazole rings is 1. The van der Waals surface area contributed by atoms with Crippen molar-refractivity contribution in [3.05, 3.63) is 64.6 Å². The van der Waals surface area contributed by atoms with Crippen molar-refractivity contribution in [1.82, 2.24) is 15.0 Å². The number of hydrogen-bond acceptors (Lipinski definition) is 4. The van der Waals surface area contributed by atoms with Crippen molar-refractivity contribution in [2.24, 2.45) is 0 Å². The lowest BCUT2D eigenvalue weighted by Crippen LogP contribution is -1.84. The van der Waals surface area contributed by atoms with Gasteiger partial charge in [0.25, 0.3) is 0 Å². The topological polar surface area (TPSA) is 38.7 Å². The molecule has 3 aromatic heterocycles. The summed E-state index contributed by atoms with van der Waals surface area (Å²) < 4.78 is 0. The van der Waals surface area contributed by atoms with Gasteiger partial charge < -0.3 is 0 Å². The number of aromatic nitrogens is 3. The van der Waals surface area contributed by atoms with Crippen LogP contribution in [-0.2, 0) is 0 Å². The fourth-order valence-corrected chi connectivity index (χ4v) is 2.30. The lowest BCUT2D eigenvalue weighted by molar-refractivity contribution is 1.27. The lowest BCUT2D eigenvalue weighted by Gasteiger charge is -2.00. The molecule has 0 radical (unpaired) electrons. The molecule has 0 bridgehead atoms. The smallest absolute Gasteiger partial charge is 0.124 e. The minimum Gasteiger partial charge on any atom is -0.264 e. The normalized spacial score (nSPS) is 9.85. The van der Waals surface area contributed by atoms with Crippen molar-refractivity contribution in [3.8, 4) is 23.0 Å². The molecule has 0 aliphatic rings. The molecule has 3 aromatic rings. The van der Waals surface area contributed by atoms with Crippen molar-refractivity contribution in [3.63, 3.8) is 0 Å². The Morgan fingerprint density at radius 3 is 2.70 bits per heavy atom. The average Bonchev–Trinajstić information content (AvgIpc) is 2.92. The summed E-state index contributed by atoms with van der Waals surface area (Å²) in [6, 6.07) is 5.92. The Kier molecular flexibility index (Phi) is 3.53. The van der Waals surface area contributed by atoms with Crippen molar-refractivity contribution in [2.75, 3.05) is 0 Å². The summed E-state index contributed by atoms with van der Waals surface area (Å²) >= 11 is 1.60. The molecule has 0 fully saturated rings. The first-order valence-electron chi connectivity index (χ1n) is 6.11. The van der Waals surface area contributed by atoms with E-state index in [1.165, 1.54) is 0 Å². The molecule has 0 saturated heterocycles. The zero-order chi connectivity index (χ0) is 13.8. The molecule has 0 aromatic carbocycles. The summed E-state index contributed by atoms with van der Waals surface area (Å²) in [6.45, 7) is 1.97. The maximum atomic E-state index is 4.32. The van der Waals surface area contributed by atoms with E-state index in [-0.39, 0.29) is 0 Å². The fourth-order valence-electron chi connectivity index (χ4n) is 1.76. The van der Waals surface area contributed by atoms with Gasteiger partial charge >= 0.3 is 0 Å². The van der Waals surface area contributed by atoms with Gasteiger partial charge in [-0.1, -0.05) is 12.0 Å². The van der Waals surface area contributed by atoms with E-state index in [1.807, 2.05) is 42.9 Å². The Hall–Kier alpha value is -2.51. The highest BCUT2D eigenvalue weighted by Crippen LogP contribution is 2.17. The standard InChI is InChI=1S/C16H11N3S/c1-12-19-16(11-20-12)5-4-13-7-15(10-18-8-13)14-3-2-6-17-9-14/h2-3,6-11H,1H3. The summed E-state index contributed by atoms with van der Waals surface area (Å²) in [5.74, 6) is 6.15. The van der Waals surface area contributed by atoms with Crippen molar-refractivity contribution >= 4 is 11.3 Å². The highest BCUT2D eigenvalue weighted by molar-refractivity contribution is 7.09. The van der Waals surface area contributed by atoms with E-state index in [1.54, 1.807) is 23.7 Å². The SMILES string of the molecule is Cc1nc(C#Cc2cncc(-c3cccnc3)c2)cs1. The first-order valence-corrected chi connectivity index (χ1v) is 6.99. The van der Waals surface area contributed by atoms with Crippen LogP contribution in [0.5, 0.6) is 0 Å². The summed E-state index contributed by atoms with van der Waals surface area (Å²) in [6.07, 6.45) is 7.14. The molecule has 4 heteroatoms. The molecule has 20 heavy (non-hydrogen) atoms. The van der Waals surface area contributed by atoms with E-state index in [0.717, 1.165) is 27.4 Å². The van der Waals surface area contributed by atoms with Crippen molar-refractivity contribution < 1.29 is 0 Å². The second kappa shape index (κ2) is 5.64. The van der Waals surface area contributed by atoms with Gasteiger partial charge in [0.1, 0.15) is 5.69 Å². The van der Waals surface area contributed by atoms with Crippen LogP contribution < -0.4 is 0 Å². The Bertz CT molecular complexity index is 782. The lowest BCUT2D eigenvalue weighted by atomic mass is 10.1. The maximum absolute atomic E-state index is 4.32. The molecule has 0 aliphatic heterocycles. The number of hydrogen-bond donors (Lipinski definition) is 0. The second-order valence-corrected chi connectivity index (χ2v) is 5.27. The molecule has 0 unspecified atom stereocenters. The van der Waals surface area contributed by atoms with E-state index in [4.69, 9.17) is 0 Å². The molecule has 3 rings (SSSR count). The predicted molar refractivity (Wildman–Crippen MR) is 80.3 cm³/mol. The molecule has 3 nitrogen and oxygen atoms in total. The molecular formula is C16H11N3S. The van der Waals surface area contributed by atoms with Gasteiger partial charge in [0.2, 0.25) is 0 Å². The van der Waals surface area contributed by atoms with Gasteiger partial charge in [-0.2, -0.15) is 0 Å². The second-order valence-electron chi connectivity index (χ2n) is 4.21. The zero-order valence-electron chi connectivity index (χ0n) is 10.9. The van der Waals surface area contributed by atoms with Gasteiger partial charge in [0.15, 0.2) is 0 Å². The average molecular weight is 277 g/mol. The highest BCUT2D eigenvalue weighted by atomic mass is 32.1. The maximum Gasteiger partial charge on any atom is 0.124 e. The van der Waals surface area contributed by atoms with Crippen LogP contribution in [0.2, 0.25) is 0 Å². The molecule has 0 amide bonds. The van der Waals surface area contributed by atoms with Gasteiger partial charge in [-0.15, -0.1) is 11.3 Å². The number of nitrogens with zero attached hydrogens (tertiary/aromatic N) is 3. The summed E-state index contributed by atoms with van der Waals surface area (Å²) in [4.78, 5) is 12.7. The van der Waals surface area contributed by atoms with E-state index >= 15 is 0 Å². The van der Waals surface area contributed by atoms with Gasteiger partial charge in [-0.05, 0) is 25.0 Å². The number of pyridine rings is 2.